The highest BCUT2D eigenvalue weighted by molar-refractivity contribution is 5.80. The Labute approximate surface area is 118 Å². The second kappa shape index (κ2) is 5.75. The van der Waals surface area contributed by atoms with E-state index in [1.165, 1.54) is 0 Å². The van der Waals surface area contributed by atoms with Crippen LogP contribution in [0.1, 0.15) is 31.0 Å². The molecule has 1 aliphatic carbocycles. The van der Waals surface area contributed by atoms with Gasteiger partial charge in [-0.15, -0.1) is 5.10 Å². The predicted octanol–water partition coefficient (Wildman–Crippen LogP) is 1.16. The molecule has 1 aromatic rings. The molecule has 0 spiro atoms. The van der Waals surface area contributed by atoms with Crippen LogP contribution in [0.25, 0.3) is 0 Å². The van der Waals surface area contributed by atoms with Crippen LogP contribution in [0.5, 0.6) is 0 Å². The number of amides is 1. The Hall–Kier alpha value is -1.69. The average molecular weight is 276 g/mol. The lowest BCUT2D eigenvalue weighted by Crippen LogP contribution is -2.33. The molecule has 0 bridgehead atoms. The summed E-state index contributed by atoms with van der Waals surface area (Å²) in [5.74, 6) is 0.447. The Morgan fingerprint density at radius 3 is 3.00 bits per heavy atom. The summed E-state index contributed by atoms with van der Waals surface area (Å²) >= 11 is 0. The zero-order chi connectivity index (χ0) is 13.9. The Morgan fingerprint density at radius 1 is 1.45 bits per heavy atom. The van der Waals surface area contributed by atoms with E-state index in [2.05, 4.69) is 22.5 Å². The van der Waals surface area contributed by atoms with Crippen LogP contribution in [-0.4, -0.2) is 46.0 Å². The molecule has 1 aliphatic heterocycles. The van der Waals surface area contributed by atoms with Gasteiger partial charge in [0.15, 0.2) is 0 Å². The van der Waals surface area contributed by atoms with Crippen molar-refractivity contribution in [3.8, 4) is 0 Å². The van der Waals surface area contributed by atoms with Crippen LogP contribution in [-0.2, 0) is 16.1 Å². The molecular formula is C14H20N4O2. The molecule has 0 N–H and O–H groups in total. The minimum Gasteiger partial charge on any atom is -0.378 e. The highest BCUT2D eigenvalue weighted by Gasteiger charge is 2.32. The van der Waals surface area contributed by atoms with E-state index in [-0.39, 0.29) is 17.9 Å². The minimum atomic E-state index is 0.161. The number of likely N-dealkylation sites (tertiary alicyclic amines) is 1. The summed E-state index contributed by atoms with van der Waals surface area (Å²) in [4.78, 5) is 14.3. The normalized spacial score (nSPS) is 22.9. The number of allylic oxidation sites excluding steroid dienone is 2. The number of carbonyl (C=O) groups excluding carboxylic acids is 1. The summed E-state index contributed by atoms with van der Waals surface area (Å²) in [7, 11) is 1.64. The molecular weight excluding hydrogens is 256 g/mol. The first-order chi connectivity index (χ1) is 9.78. The topological polar surface area (TPSA) is 60.2 Å². The molecule has 20 heavy (non-hydrogen) atoms. The maximum absolute atomic E-state index is 12.4. The minimum absolute atomic E-state index is 0.161. The molecule has 3 rings (SSSR count). The maximum Gasteiger partial charge on any atom is 0.226 e. The number of carbonyl (C=O) groups is 1. The van der Waals surface area contributed by atoms with E-state index in [0.717, 1.165) is 38.0 Å². The monoisotopic (exact) mass is 276 g/mol. The first kappa shape index (κ1) is 13.3. The lowest BCUT2D eigenvalue weighted by atomic mass is 10.1. The van der Waals surface area contributed by atoms with Crippen LogP contribution < -0.4 is 0 Å². The number of methoxy groups -OCH3 is 1. The lowest BCUT2D eigenvalue weighted by molar-refractivity contribution is -0.134. The smallest absolute Gasteiger partial charge is 0.226 e. The van der Waals surface area contributed by atoms with Gasteiger partial charge < -0.3 is 9.64 Å². The highest BCUT2D eigenvalue weighted by atomic mass is 16.5. The summed E-state index contributed by atoms with van der Waals surface area (Å²) in [5.41, 5.74) is 0.831. The molecule has 6 nitrogen and oxygen atoms in total. The van der Waals surface area contributed by atoms with Gasteiger partial charge in [0.05, 0.1) is 18.8 Å². The number of aromatic nitrogens is 3. The van der Waals surface area contributed by atoms with Crippen molar-refractivity contribution in [3.63, 3.8) is 0 Å². The first-order valence-electron chi connectivity index (χ1n) is 7.11. The van der Waals surface area contributed by atoms with E-state index in [0.29, 0.717) is 6.61 Å². The second-order valence-corrected chi connectivity index (χ2v) is 5.49. The van der Waals surface area contributed by atoms with Gasteiger partial charge in [-0.3, -0.25) is 4.79 Å². The van der Waals surface area contributed by atoms with Gasteiger partial charge in [-0.05, 0) is 19.3 Å². The number of ether oxygens (including phenoxy) is 1. The van der Waals surface area contributed by atoms with Crippen molar-refractivity contribution in [1.29, 1.82) is 0 Å². The fraction of sp³-hybridized carbons (Fsp3) is 0.643. The molecule has 1 aromatic heterocycles. The zero-order valence-electron chi connectivity index (χ0n) is 11.7. The van der Waals surface area contributed by atoms with Crippen LogP contribution >= 0.6 is 0 Å². The number of hydrogen-bond donors (Lipinski definition) is 0. The molecule has 1 saturated heterocycles. The molecule has 2 aliphatic rings. The van der Waals surface area contributed by atoms with E-state index in [4.69, 9.17) is 4.74 Å². The summed E-state index contributed by atoms with van der Waals surface area (Å²) in [5, 5.41) is 8.22. The largest absolute Gasteiger partial charge is 0.378 e. The van der Waals surface area contributed by atoms with Gasteiger partial charge in [0, 0.05) is 26.1 Å². The van der Waals surface area contributed by atoms with Gasteiger partial charge in [-0.25, -0.2) is 4.68 Å². The molecule has 0 aromatic carbocycles. The maximum atomic E-state index is 12.4. The molecule has 1 fully saturated rings. The highest BCUT2D eigenvalue weighted by Crippen LogP contribution is 2.26. The van der Waals surface area contributed by atoms with E-state index in [1.54, 1.807) is 7.11 Å². The van der Waals surface area contributed by atoms with E-state index < -0.39 is 0 Å². The zero-order valence-corrected chi connectivity index (χ0v) is 11.7. The molecule has 1 unspecified atom stereocenters. The van der Waals surface area contributed by atoms with Crippen LogP contribution in [0.3, 0.4) is 0 Å². The van der Waals surface area contributed by atoms with Crippen LogP contribution in [0.15, 0.2) is 18.3 Å². The predicted molar refractivity (Wildman–Crippen MR) is 72.8 cm³/mol. The quantitative estimate of drug-likeness (QED) is 0.774. The molecule has 1 atom stereocenters. The third-order valence-electron chi connectivity index (χ3n) is 4.06. The average Bonchev–Trinajstić information content (AvgIpc) is 3.19. The van der Waals surface area contributed by atoms with Gasteiger partial charge >= 0.3 is 0 Å². The molecule has 0 saturated carbocycles. The SMILES string of the molecule is COCc1cn(C2CCN(C(=O)C3CC=CC3)C2)nn1. The van der Waals surface area contributed by atoms with E-state index in [9.17, 15) is 4.79 Å². The van der Waals surface area contributed by atoms with Gasteiger partial charge in [0.25, 0.3) is 0 Å². The standard InChI is InChI=1S/C14H20N4O2/c1-20-10-12-8-18(16-15-12)13-6-7-17(9-13)14(19)11-4-2-3-5-11/h2-3,8,11,13H,4-7,9-10H2,1H3. The van der Waals surface area contributed by atoms with Crippen molar-refractivity contribution >= 4 is 5.91 Å². The van der Waals surface area contributed by atoms with Gasteiger partial charge in [-0.1, -0.05) is 17.4 Å². The summed E-state index contributed by atoms with van der Waals surface area (Å²) < 4.78 is 6.91. The van der Waals surface area contributed by atoms with Crippen LogP contribution in [0.4, 0.5) is 0 Å². The summed E-state index contributed by atoms with van der Waals surface area (Å²) in [6.45, 7) is 2.04. The van der Waals surface area contributed by atoms with Crippen LogP contribution in [0.2, 0.25) is 0 Å². The van der Waals surface area contributed by atoms with Crippen LogP contribution in [0, 0.1) is 5.92 Å². The van der Waals surface area contributed by atoms with Crippen molar-refractivity contribution in [2.24, 2.45) is 5.92 Å². The van der Waals surface area contributed by atoms with Gasteiger partial charge in [-0.2, -0.15) is 0 Å². The molecule has 1 amide bonds. The fourth-order valence-corrected chi connectivity index (χ4v) is 2.94. The number of nitrogens with zero attached hydrogens (tertiary/aromatic N) is 4. The summed E-state index contributed by atoms with van der Waals surface area (Å²) in [6.07, 6.45) is 8.85. The third kappa shape index (κ3) is 2.60. The van der Waals surface area contributed by atoms with E-state index >= 15 is 0 Å². The van der Waals surface area contributed by atoms with E-state index in [1.807, 2.05) is 15.8 Å². The Morgan fingerprint density at radius 2 is 2.25 bits per heavy atom. The first-order valence-corrected chi connectivity index (χ1v) is 7.11. The molecule has 0 radical (unpaired) electrons. The second-order valence-electron chi connectivity index (χ2n) is 5.49. The van der Waals surface area contributed by atoms with Gasteiger partial charge in [0.2, 0.25) is 5.91 Å². The van der Waals surface area contributed by atoms with Crippen molar-refractivity contribution in [2.75, 3.05) is 20.2 Å². The summed E-state index contributed by atoms with van der Waals surface area (Å²) in [6, 6.07) is 0.242. The fourth-order valence-electron chi connectivity index (χ4n) is 2.94. The van der Waals surface area contributed by atoms with Crippen molar-refractivity contribution in [2.45, 2.75) is 31.9 Å². The van der Waals surface area contributed by atoms with Crippen molar-refractivity contribution < 1.29 is 9.53 Å². The molecule has 2 heterocycles. The van der Waals surface area contributed by atoms with Gasteiger partial charge in [0.1, 0.15) is 5.69 Å². The Balaban J connectivity index is 1.59. The van der Waals surface area contributed by atoms with Crippen molar-refractivity contribution in [3.05, 3.63) is 24.0 Å². The molecule has 108 valence electrons. The third-order valence-corrected chi connectivity index (χ3v) is 4.06. The molecule has 6 heteroatoms. The number of rotatable bonds is 4. The number of hydrogen-bond acceptors (Lipinski definition) is 4. The lowest BCUT2D eigenvalue weighted by Gasteiger charge is -2.20. The van der Waals surface area contributed by atoms with Crippen molar-refractivity contribution in [1.82, 2.24) is 19.9 Å². The Bertz CT molecular complexity index is 503. The Kier molecular flexibility index (Phi) is 3.82.